The number of pyridine rings is 2. The lowest BCUT2D eigenvalue weighted by Crippen LogP contribution is -2.27. The summed E-state index contributed by atoms with van der Waals surface area (Å²) in [7, 11) is -3.82. The molecule has 306 valence electrons. The van der Waals surface area contributed by atoms with Crippen LogP contribution in [0.1, 0.15) is 64.2 Å². The van der Waals surface area contributed by atoms with Gasteiger partial charge in [-0.3, -0.25) is 0 Å². The molecule has 2 fully saturated rings. The lowest BCUT2D eigenvalue weighted by atomic mass is 9.84. The third kappa shape index (κ3) is 9.27. The van der Waals surface area contributed by atoms with Crippen LogP contribution in [-0.2, 0) is 10.0 Å². The summed E-state index contributed by atoms with van der Waals surface area (Å²) in [6.07, 6.45) is 20.9. The highest BCUT2D eigenvalue weighted by molar-refractivity contribution is 7.90. The molecule has 0 amide bonds. The maximum Gasteiger partial charge on any atom is 0.269 e. The zero-order chi connectivity index (χ0) is 40.6. The summed E-state index contributed by atoms with van der Waals surface area (Å²) in [6.45, 7) is 0.545. The Bertz CT molecular complexity index is 2570. The minimum absolute atomic E-state index is 0.200. The van der Waals surface area contributed by atoms with E-state index in [1.807, 2.05) is 30.5 Å². The summed E-state index contributed by atoms with van der Waals surface area (Å²) < 4.78 is 27.9. The van der Waals surface area contributed by atoms with Gasteiger partial charge >= 0.3 is 0 Å². The van der Waals surface area contributed by atoms with Crippen molar-refractivity contribution in [2.75, 3.05) is 23.8 Å². The number of aliphatic hydroxyl groups is 2. The molecular weight excluding hydrogens is 765 g/mol. The molecule has 7 aromatic rings. The minimum Gasteiger partial charge on any atom is -0.396 e. The summed E-state index contributed by atoms with van der Waals surface area (Å²) in [6, 6.07) is 20.4. The van der Waals surface area contributed by atoms with E-state index in [-0.39, 0.29) is 17.5 Å². The summed E-state index contributed by atoms with van der Waals surface area (Å²) in [5.74, 6) is 2.45. The quantitative estimate of drug-likeness (QED) is 0.0818. The molecule has 6 heterocycles. The normalized spacial score (nSPS) is 19.6. The number of aromatic nitrogens is 8. The van der Waals surface area contributed by atoms with E-state index < -0.39 is 10.0 Å². The van der Waals surface area contributed by atoms with Crippen molar-refractivity contribution in [1.29, 1.82) is 0 Å². The Morgan fingerprint density at radius 2 is 1.19 bits per heavy atom. The van der Waals surface area contributed by atoms with E-state index in [4.69, 9.17) is 15.1 Å². The summed E-state index contributed by atoms with van der Waals surface area (Å²) in [4.78, 5) is 30.3. The maximum atomic E-state index is 13.4. The highest BCUT2D eigenvalue weighted by Crippen LogP contribution is 2.33. The number of H-pyrrole nitrogens is 1. The zero-order valence-electron chi connectivity index (χ0n) is 32.9. The minimum atomic E-state index is -3.82. The molecule has 2 aliphatic carbocycles. The Hall–Kier alpha value is -5.77. The van der Waals surface area contributed by atoms with E-state index in [1.54, 1.807) is 73.4 Å². The SMILES string of the molecule is O=S(=O)(c1ccccc1)n1cc(-c2ccnc(NC3CCC(CCO)CC3)n2)c2cccnc21.OCCC1CCC(Nc2nccc(-c3c[nH]c4ncccc34)n2)CC1. The average molecular weight is 815 g/mol. The number of hydrogen-bond donors (Lipinski definition) is 5. The number of benzene rings is 1. The van der Waals surface area contributed by atoms with Crippen molar-refractivity contribution in [3.63, 3.8) is 0 Å². The zero-order valence-corrected chi connectivity index (χ0v) is 33.7. The van der Waals surface area contributed by atoms with Gasteiger partial charge in [-0.2, -0.15) is 0 Å². The number of anilines is 2. The molecule has 14 nitrogen and oxygen atoms in total. The maximum absolute atomic E-state index is 13.4. The smallest absolute Gasteiger partial charge is 0.269 e. The Morgan fingerprint density at radius 1 is 0.627 bits per heavy atom. The van der Waals surface area contributed by atoms with Crippen molar-refractivity contribution in [2.24, 2.45) is 11.8 Å². The molecule has 59 heavy (non-hydrogen) atoms. The molecule has 0 spiro atoms. The Morgan fingerprint density at radius 3 is 1.78 bits per heavy atom. The van der Waals surface area contributed by atoms with E-state index in [0.29, 0.717) is 58.7 Å². The molecule has 9 rings (SSSR count). The third-order valence-corrected chi connectivity index (χ3v) is 13.2. The molecule has 15 heteroatoms. The van der Waals surface area contributed by atoms with Gasteiger partial charge in [-0.1, -0.05) is 18.2 Å². The van der Waals surface area contributed by atoms with Crippen molar-refractivity contribution in [2.45, 2.75) is 81.2 Å². The highest BCUT2D eigenvalue weighted by Gasteiger charge is 2.25. The molecule has 2 aliphatic rings. The van der Waals surface area contributed by atoms with E-state index in [2.05, 4.69) is 35.6 Å². The predicted octanol–water partition coefficient (Wildman–Crippen LogP) is 7.46. The van der Waals surface area contributed by atoms with Crippen LogP contribution in [0.2, 0.25) is 0 Å². The number of nitrogens with one attached hydrogen (secondary N) is 3. The predicted molar refractivity (Wildman–Crippen MR) is 229 cm³/mol. The molecule has 1 aromatic carbocycles. The van der Waals surface area contributed by atoms with Gasteiger partial charge in [0.15, 0.2) is 5.65 Å². The van der Waals surface area contributed by atoms with Crippen molar-refractivity contribution in [3.05, 3.63) is 104 Å². The topological polar surface area (TPSA) is 197 Å². The van der Waals surface area contributed by atoms with E-state index in [9.17, 15) is 13.5 Å². The van der Waals surface area contributed by atoms with Gasteiger partial charge in [0, 0.05) is 84.4 Å². The number of aromatic amines is 1. The fourth-order valence-electron chi connectivity index (χ4n) is 8.37. The van der Waals surface area contributed by atoms with Crippen LogP contribution in [0.25, 0.3) is 44.6 Å². The second-order valence-electron chi connectivity index (χ2n) is 15.4. The van der Waals surface area contributed by atoms with Gasteiger partial charge in [0.05, 0.1) is 16.3 Å². The van der Waals surface area contributed by atoms with E-state index in [0.717, 1.165) is 86.5 Å². The van der Waals surface area contributed by atoms with Crippen molar-refractivity contribution in [3.8, 4) is 22.5 Å². The number of aliphatic hydroxyl groups excluding tert-OH is 2. The Labute approximate surface area is 343 Å². The van der Waals surface area contributed by atoms with Gasteiger partial charge in [0.1, 0.15) is 5.65 Å². The molecule has 0 unspecified atom stereocenters. The van der Waals surface area contributed by atoms with Crippen LogP contribution in [0.4, 0.5) is 11.9 Å². The van der Waals surface area contributed by atoms with Crippen molar-refractivity contribution >= 4 is 44.0 Å². The fraction of sp³-hybridized carbons (Fsp3) is 0.364. The van der Waals surface area contributed by atoms with Crippen LogP contribution in [0, 0.1) is 11.8 Å². The van der Waals surface area contributed by atoms with Crippen molar-refractivity contribution in [1.82, 2.24) is 38.9 Å². The first-order valence-electron chi connectivity index (χ1n) is 20.5. The summed E-state index contributed by atoms with van der Waals surface area (Å²) in [5, 5.41) is 26.9. The first-order valence-corrected chi connectivity index (χ1v) is 21.9. The number of fused-ring (bicyclic) bond motifs is 2. The highest BCUT2D eigenvalue weighted by atomic mass is 32.2. The van der Waals surface area contributed by atoms with Gasteiger partial charge in [0.25, 0.3) is 10.0 Å². The molecule has 6 aromatic heterocycles. The van der Waals surface area contributed by atoms with Gasteiger partial charge in [-0.25, -0.2) is 42.3 Å². The van der Waals surface area contributed by atoms with Gasteiger partial charge in [-0.05, 0) is 125 Å². The molecule has 0 saturated heterocycles. The largest absolute Gasteiger partial charge is 0.396 e. The van der Waals surface area contributed by atoms with Gasteiger partial charge in [0.2, 0.25) is 11.9 Å². The number of hydrogen-bond acceptors (Lipinski definition) is 12. The third-order valence-electron chi connectivity index (χ3n) is 11.6. The van der Waals surface area contributed by atoms with Gasteiger partial charge < -0.3 is 25.8 Å². The lowest BCUT2D eigenvalue weighted by molar-refractivity contribution is 0.225. The molecule has 0 bridgehead atoms. The Balaban J connectivity index is 0.000000172. The van der Waals surface area contributed by atoms with Crippen LogP contribution >= 0.6 is 0 Å². The Kier molecular flexibility index (Phi) is 12.5. The standard InChI is InChI=1S/C25H27N5O3S.C19H23N5O/c31-16-13-18-8-10-19(11-9-18)28-25-27-15-12-23(29-25)22-17-30(24-21(22)7-4-14-26-24)34(32,33)20-5-2-1-3-6-20;25-11-8-13-3-5-14(6-4-13)23-19-21-10-7-17(24-19)16-12-22-18-15(16)2-1-9-20-18/h1-7,12,14-15,17-19,31H,8-11,13,16H2,(H,27,28,29);1-2,7,9-10,12-14,25H,3-6,8,11H2,(H,20,22)(H,21,23,24). The van der Waals surface area contributed by atoms with Crippen molar-refractivity contribution < 1.29 is 18.6 Å². The number of rotatable bonds is 12. The van der Waals surface area contributed by atoms with Gasteiger partial charge in [-0.15, -0.1) is 0 Å². The van der Waals surface area contributed by atoms with Crippen LogP contribution in [0.5, 0.6) is 0 Å². The first kappa shape index (κ1) is 40.0. The number of nitrogens with zero attached hydrogens (tertiary/aromatic N) is 7. The monoisotopic (exact) mass is 814 g/mol. The van der Waals surface area contributed by atoms with Crippen LogP contribution in [0.3, 0.4) is 0 Å². The molecular formula is C44H50N10O4S. The van der Waals surface area contributed by atoms with Crippen LogP contribution < -0.4 is 10.6 Å². The van der Waals surface area contributed by atoms with E-state index >= 15 is 0 Å². The molecule has 2 saturated carbocycles. The second kappa shape index (κ2) is 18.4. The molecule has 5 N–H and O–H groups in total. The molecule has 0 radical (unpaired) electrons. The first-order chi connectivity index (χ1) is 28.9. The molecule has 0 atom stereocenters. The van der Waals surface area contributed by atoms with Crippen LogP contribution in [0.15, 0.2) is 109 Å². The van der Waals surface area contributed by atoms with Crippen LogP contribution in [-0.4, -0.2) is 82.8 Å². The summed E-state index contributed by atoms with van der Waals surface area (Å²) >= 11 is 0. The lowest BCUT2D eigenvalue weighted by Gasteiger charge is -2.28. The second-order valence-corrected chi connectivity index (χ2v) is 17.2. The van der Waals surface area contributed by atoms with E-state index in [1.165, 1.54) is 3.97 Å². The summed E-state index contributed by atoms with van der Waals surface area (Å²) in [5.41, 5.74) is 4.47. The molecule has 0 aliphatic heterocycles. The fourth-order valence-corrected chi connectivity index (χ4v) is 9.72. The average Bonchev–Trinajstić information content (AvgIpc) is 3.89.